The van der Waals surface area contributed by atoms with Crippen LogP contribution < -0.4 is 5.32 Å². The zero-order valence-corrected chi connectivity index (χ0v) is 18.6. The van der Waals surface area contributed by atoms with Gasteiger partial charge in [-0.1, -0.05) is 25.7 Å². The number of halogens is 4. The van der Waals surface area contributed by atoms with Crippen LogP contribution in [0.2, 0.25) is 0 Å². The van der Waals surface area contributed by atoms with Crippen LogP contribution in [0.5, 0.6) is 0 Å². The van der Waals surface area contributed by atoms with Crippen molar-refractivity contribution in [1.82, 2.24) is 15.1 Å². The van der Waals surface area contributed by atoms with Gasteiger partial charge in [0.15, 0.2) is 5.96 Å². The summed E-state index contributed by atoms with van der Waals surface area (Å²) < 4.78 is 37.2. The lowest BCUT2D eigenvalue weighted by Crippen LogP contribution is -2.52. The molecule has 0 bridgehead atoms. The molecule has 1 saturated heterocycles. The minimum absolute atomic E-state index is 0. The Hall–Kier alpha value is -0.740. The first-order valence-electron chi connectivity index (χ1n) is 9.51. The number of likely N-dealkylation sites (N-methyl/N-ethyl adjacent to an activating group) is 1. The number of hydrogen-bond donors (Lipinski definition) is 1. The van der Waals surface area contributed by atoms with Gasteiger partial charge in [0.2, 0.25) is 5.91 Å². The van der Waals surface area contributed by atoms with Gasteiger partial charge in [-0.05, 0) is 31.1 Å². The van der Waals surface area contributed by atoms with Crippen molar-refractivity contribution in [2.75, 3.05) is 40.3 Å². The van der Waals surface area contributed by atoms with Gasteiger partial charge in [-0.2, -0.15) is 13.2 Å². The molecule has 0 unspecified atom stereocenters. The standard InChI is InChI=1S/C18H31F3N4O.HI/c1-22-16(23-12-15(26)24(2)14-18(19,20)21)25-11-7-10-17(13-25)8-5-3-4-6-9-17;/h3-14H2,1-2H3,(H,22,23);1H. The van der Waals surface area contributed by atoms with E-state index in [2.05, 4.69) is 15.2 Å². The number of nitrogens with one attached hydrogen (secondary N) is 1. The molecule has 0 aromatic carbocycles. The molecule has 1 aliphatic carbocycles. The molecule has 2 rings (SSSR count). The second-order valence-corrected chi connectivity index (χ2v) is 7.71. The molecule has 2 fully saturated rings. The zero-order chi connectivity index (χ0) is 19.2. The number of nitrogens with zero attached hydrogens (tertiary/aromatic N) is 3. The van der Waals surface area contributed by atoms with Crippen molar-refractivity contribution in [2.45, 2.75) is 57.5 Å². The van der Waals surface area contributed by atoms with E-state index in [1.807, 2.05) is 0 Å². The average Bonchev–Trinajstić information content (AvgIpc) is 2.79. The van der Waals surface area contributed by atoms with Crippen LogP contribution >= 0.6 is 24.0 Å². The van der Waals surface area contributed by atoms with Gasteiger partial charge in [-0.15, -0.1) is 24.0 Å². The van der Waals surface area contributed by atoms with Gasteiger partial charge in [0.1, 0.15) is 6.54 Å². The Bertz CT molecular complexity index is 505. The van der Waals surface area contributed by atoms with Crippen molar-refractivity contribution in [3.63, 3.8) is 0 Å². The molecule has 158 valence electrons. The van der Waals surface area contributed by atoms with Gasteiger partial charge in [0.25, 0.3) is 0 Å². The number of piperidine rings is 1. The van der Waals surface area contributed by atoms with Crippen molar-refractivity contribution >= 4 is 35.8 Å². The summed E-state index contributed by atoms with van der Waals surface area (Å²) in [5.41, 5.74) is 0.323. The molecule has 5 nitrogen and oxygen atoms in total. The largest absolute Gasteiger partial charge is 0.406 e. The number of alkyl halides is 3. The number of rotatable bonds is 3. The van der Waals surface area contributed by atoms with Crippen LogP contribution in [0, 0.1) is 5.41 Å². The summed E-state index contributed by atoms with van der Waals surface area (Å²) in [6, 6.07) is 0. The third-order valence-electron chi connectivity index (χ3n) is 5.58. The molecule has 1 spiro atoms. The highest BCUT2D eigenvalue weighted by molar-refractivity contribution is 14.0. The number of aliphatic imine (C=N–C) groups is 1. The van der Waals surface area contributed by atoms with Gasteiger partial charge < -0.3 is 15.1 Å². The summed E-state index contributed by atoms with van der Waals surface area (Å²) in [5, 5.41) is 2.96. The predicted octanol–water partition coefficient (Wildman–Crippen LogP) is 3.64. The topological polar surface area (TPSA) is 47.9 Å². The maximum Gasteiger partial charge on any atom is 0.406 e. The summed E-state index contributed by atoms with van der Waals surface area (Å²) in [7, 11) is 2.82. The third-order valence-corrected chi connectivity index (χ3v) is 5.58. The number of carbonyl (C=O) groups is 1. The second-order valence-electron chi connectivity index (χ2n) is 7.71. The smallest absolute Gasteiger partial charge is 0.347 e. The van der Waals surface area contributed by atoms with E-state index in [9.17, 15) is 18.0 Å². The van der Waals surface area contributed by atoms with E-state index in [-0.39, 0.29) is 30.5 Å². The molecule has 9 heteroatoms. The Kier molecular flexibility index (Phi) is 9.64. The maximum absolute atomic E-state index is 12.4. The number of guanidine groups is 1. The third kappa shape index (κ3) is 7.65. The molecule has 1 amide bonds. The number of hydrogen-bond acceptors (Lipinski definition) is 2. The van der Waals surface area contributed by atoms with Crippen molar-refractivity contribution in [2.24, 2.45) is 10.4 Å². The highest BCUT2D eigenvalue weighted by Crippen LogP contribution is 2.42. The fourth-order valence-electron chi connectivity index (χ4n) is 4.25. The minimum Gasteiger partial charge on any atom is -0.347 e. The lowest BCUT2D eigenvalue weighted by atomic mass is 9.74. The van der Waals surface area contributed by atoms with E-state index in [0.717, 1.165) is 19.5 Å². The molecule has 0 radical (unpaired) electrons. The summed E-state index contributed by atoms with van der Waals surface area (Å²) >= 11 is 0. The Balaban J connectivity index is 0.00000364. The minimum atomic E-state index is -4.38. The summed E-state index contributed by atoms with van der Waals surface area (Å²) in [6.45, 7) is 0.370. The van der Waals surface area contributed by atoms with Crippen molar-refractivity contribution in [3.05, 3.63) is 0 Å². The van der Waals surface area contributed by atoms with Crippen LogP contribution in [0.1, 0.15) is 51.4 Å². The van der Waals surface area contributed by atoms with E-state index in [1.54, 1.807) is 7.05 Å². The predicted molar refractivity (Wildman–Crippen MR) is 111 cm³/mol. The molecular weight excluding hydrogens is 472 g/mol. The molecule has 0 aromatic heterocycles. The molecule has 27 heavy (non-hydrogen) atoms. The second kappa shape index (κ2) is 10.7. The van der Waals surface area contributed by atoms with E-state index in [4.69, 9.17) is 0 Å². The lowest BCUT2D eigenvalue weighted by molar-refractivity contribution is -0.157. The first-order valence-corrected chi connectivity index (χ1v) is 9.51. The molecule has 2 aliphatic rings. The fourth-order valence-corrected chi connectivity index (χ4v) is 4.25. The summed E-state index contributed by atoms with van der Waals surface area (Å²) in [6.07, 6.45) is 5.52. The Morgan fingerprint density at radius 2 is 1.74 bits per heavy atom. The van der Waals surface area contributed by atoms with Gasteiger partial charge in [0, 0.05) is 27.2 Å². The highest BCUT2D eigenvalue weighted by atomic mass is 127. The molecule has 0 atom stereocenters. The first kappa shape index (κ1) is 24.3. The number of likely N-dealkylation sites (tertiary alicyclic amines) is 1. The van der Waals surface area contributed by atoms with Crippen LogP contribution in [0.4, 0.5) is 13.2 Å². The van der Waals surface area contributed by atoms with E-state index in [1.165, 1.54) is 52.0 Å². The van der Waals surface area contributed by atoms with E-state index < -0.39 is 18.6 Å². The molecule has 1 N–H and O–H groups in total. The summed E-state index contributed by atoms with van der Waals surface area (Å²) in [4.78, 5) is 19.1. The van der Waals surface area contributed by atoms with Gasteiger partial charge in [-0.25, -0.2) is 0 Å². The van der Waals surface area contributed by atoms with E-state index in [0.29, 0.717) is 16.3 Å². The van der Waals surface area contributed by atoms with E-state index >= 15 is 0 Å². The normalized spacial score (nSPS) is 20.6. The molecule has 0 aromatic rings. The van der Waals surface area contributed by atoms with Crippen LogP contribution in [0.3, 0.4) is 0 Å². The van der Waals surface area contributed by atoms with Gasteiger partial charge in [0.05, 0.1) is 6.54 Å². The van der Waals surface area contributed by atoms with Crippen LogP contribution in [0.25, 0.3) is 0 Å². The Labute approximate surface area is 177 Å². The molecular formula is C18H32F3IN4O. The van der Waals surface area contributed by atoms with Gasteiger partial charge >= 0.3 is 6.18 Å². The quantitative estimate of drug-likeness (QED) is 0.363. The van der Waals surface area contributed by atoms with Crippen molar-refractivity contribution in [1.29, 1.82) is 0 Å². The van der Waals surface area contributed by atoms with Crippen LogP contribution in [-0.4, -0.2) is 68.1 Å². The zero-order valence-electron chi connectivity index (χ0n) is 16.3. The summed E-state index contributed by atoms with van der Waals surface area (Å²) in [5.74, 6) is 0.0201. The lowest BCUT2D eigenvalue weighted by Gasteiger charge is -2.44. The van der Waals surface area contributed by atoms with Crippen LogP contribution in [0.15, 0.2) is 4.99 Å². The van der Waals surface area contributed by atoms with Gasteiger partial charge in [-0.3, -0.25) is 9.79 Å². The fraction of sp³-hybridized carbons (Fsp3) is 0.889. The highest BCUT2D eigenvalue weighted by Gasteiger charge is 2.37. The first-order chi connectivity index (χ1) is 12.2. The van der Waals surface area contributed by atoms with Crippen molar-refractivity contribution in [3.8, 4) is 0 Å². The Morgan fingerprint density at radius 3 is 2.30 bits per heavy atom. The average molecular weight is 504 g/mol. The SMILES string of the molecule is CN=C(NCC(=O)N(C)CC(F)(F)F)N1CCCC2(CCCCCC2)C1.I. The van der Waals surface area contributed by atoms with Crippen molar-refractivity contribution < 1.29 is 18.0 Å². The molecule has 1 aliphatic heterocycles. The van der Waals surface area contributed by atoms with Crippen LogP contribution in [-0.2, 0) is 4.79 Å². The maximum atomic E-state index is 12.4. The monoisotopic (exact) mass is 504 g/mol. The molecule has 1 saturated carbocycles. The number of carbonyl (C=O) groups excluding carboxylic acids is 1. The Morgan fingerprint density at radius 1 is 1.15 bits per heavy atom. The molecule has 1 heterocycles. The number of amides is 1.